The number of likely N-dealkylation sites (N-methyl/N-ethyl adjacent to an activating group) is 1. The van der Waals surface area contributed by atoms with Gasteiger partial charge in [-0.3, -0.25) is 9.69 Å². The smallest absolute Gasteiger partial charge is 0.350 e. The minimum atomic E-state index is -0.174. The van der Waals surface area contributed by atoms with Crippen LogP contribution in [-0.2, 0) is 4.79 Å². The molecule has 1 N–H and O–H groups in total. The molecule has 1 aliphatic rings. The van der Waals surface area contributed by atoms with Crippen molar-refractivity contribution in [2.24, 2.45) is 0 Å². The lowest BCUT2D eigenvalue weighted by atomic mass is 9.97. The zero-order chi connectivity index (χ0) is 23.4. The molecule has 2 aromatic carbocycles. The lowest BCUT2D eigenvalue weighted by Crippen LogP contribution is -2.48. The molecule has 0 bridgehead atoms. The van der Waals surface area contributed by atoms with Gasteiger partial charge < -0.3 is 10.2 Å². The first-order valence-corrected chi connectivity index (χ1v) is 11.5. The molecular formula is C25H32N6O2. The van der Waals surface area contributed by atoms with Crippen LogP contribution < -0.4 is 15.9 Å². The van der Waals surface area contributed by atoms with Crippen molar-refractivity contribution in [3.63, 3.8) is 0 Å². The molecule has 0 saturated carbocycles. The Morgan fingerprint density at radius 1 is 0.970 bits per heavy atom. The van der Waals surface area contributed by atoms with Crippen molar-refractivity contribution >= 4 is 11.6 Å². The van der Waals surface area contributed by atoms with Gasteiger partial charge in [0.1, 0.15) is 6.33 Å². The van der Waals surface area contributed by atoms with E-state index < -0.39 is 0 Å². The van der Waals surface area contributed by atoms with Crippen molar-refractivity contribution in [3.8, 4) is 5.69 Å². The number of hydrogen-bond donors (Lipinski definition) is 1. The average Bonchev–Trinajstić information content (AvgIpc) is 3.24. The van der Waals surface area contributed by atoms with E-state index in [4.69, 9.17) is 0 Å². The molecule has 8 nitrogen and oxygen atoms in total. The van der Waals surface area contributed by atoms with Crippen molar-refractivity contribution in [1.82, 2.24) is 24.6 Å². The number of carbonyl (C=O) groups excluding carboxylic acids is 1. The van der Waals surface area contributed by atoms with E-state index in [1.54, 1.807) is 17.9 Å². The van der Waals surface area contributed by atoms with Crippen molar-refractivity contribution in [2.75, 3.05) is 44.7 Å². The van der Waals surface area contributed by atoms with Gasteiger partial charge in [0.15, 0.2) is 0 Å². The van der Waals surface area contributed by atoms with Crippen LogP contribution in [0.2, 0.25) is 0 Å². The van der Waals surface area contributed by atoms with Gasteiger partial charge in [-0.25, -0.2) is 14.0 Å². The van der Waals surface area contributed by atoms with Crippen LogP contribution in [0.4, 0.5) is 5.69 Å². The molecule has 0 spiro atoms. The van der Waals surface area contributed by atoms with E-state index in [0.29, 0.717) is 6.54 Å². The number of anilines is 1. The van der Waals surface area contributed by atoms with Gasteiger partial charge >= 0.3 is 5.69 Å². The number of nitrogens with zero attached hydrogens (tertiary/aromatic N) is 5. The van der Waals surface area contributed by atoms with Gasteiger partial charge in [0.25, 0.3) is 0 Å². The SMILES string of the molecule is CNC(=O)C(CN1CCN(c2ccc(-n3cnn(C(C)C)c3=O)cc2)CC1)c1ccccc1. The molecule has 2 heterocycles. The van der Waals surface area contributed by atoms with Crippen molar-refractivity contribution in [3.05, 3.63) is 77.0 Å². The van der Waals surface area contributed by atoms with E-state index in [0.717, 1.165) is 43.1 Å². The first kappa shape index (κ1) is 22.8. The van der Waals surface area contributed by atoms with E-state index in [1.807, 2.05) is 56.3 Å². The lowest BCUT2D eigenvalue weighted by molar-refractivity contribution is -0.122. The summed E-state index contributed by atoms with van der Waals surface area (Å²) in [5.41, 5.74) is 2.86. The van der Waals surface area contributed by atoms with Crippen LogP contribution in [0.3, 0.4) is 0 Å². The Morgan fingerprint density at radius 3 is 2.18 bits per heavy atom. The molecule has 1 saturated heterocycles. The molecule has 174 valence electrons. The molecule has 1 fully saturated rings. The second-order valence-electron chi connectivity index (χ2n) is 8.70. The Balaban J connectivity index is 1.39. The summed E-state index contributed by atoms with van der Waals surface area (Å²) in [5.74, 6) is -0.123. The molecular weight excluding hydrogens is 416 g/mol. The summed E-state index contributed by atoms with van der Waals surface area (Å²) in [6.07, 6.45) is 1.58. The topological polar surface area (TPSA) is 75.4 Å². The highest BCUT2D eigenvalue weighted by Gasteiger charge is 2.25. The fourth-order valence-corrected chi connectivity index (χ4v) is 4.32. The maximum atomic E-state index is 12.5. The predicted octanol–water partition coefficient (Wildman–Crippen LogP) is 2.27. The van der Waals surface area contributed by atoms with Gasteiger partial charge in [-0.15, -0.1) is 0 Å². The summed E-state index contributed by atoms with van der Waals surface area (Å²) in [5, 5.41) is 7.01. The molecule has 8 heteroatoms. The number of hydrogen-bond acceptors (Lipinski definition) is 5. The quantitative estimate of drug-likeness (QED) is 0.600. The van der Waals surface area contributed by atoms with Gasteiger partial charge in [-0.05, 0) is 43.7 Å². The van der Waals surface area contributed by atoms with E-state index in [-0.39, 0.29) is 23.6 Å². The molecule has 1 aliphatic heterocycles. The number of benzene rings is 2. The largest absolute Gasteiger partial charge is 0.369 e. The average molecular weight is 449 g/mol. The summed E-state index contributed by atoms with van der Waals surface area (Å²) >= 11 is 0. The predicted molar refractivity (Wildman–Crippen MR) is 130 cm³/mol. The number of aromatic nitrogens is 3. The van der Waals surface area contributed by atoms with Gasteiger partial charge in [0.05, 0.1) is 17.6 Å². The Morgan fingerprint density at radius 2 is 1.61 bits per heavy atom. The van der Waals surface area contributed by atoms with Crippen LogP contribution in [0.25, 0.3) is 5.69 Å². The number of carbonyl (C=O) groups is 1. The maximum absolute atomic E-state index is 12.5. The maximum Gasteiger partial charge on any atom is 0.350 e. The fraction of sp³-hybridized carbons (Fsp3) is 0.400. The fourth-order valence-electron chi connectivity index (χ4n) is 4.32. The van der Waals surface area contributed by atoms with Crippen molar-refractivity contribution < 1.29 is 4.79 Å². The normalized spacial score (nSPS) is 15.6. The van der Waals surface area contributed by atoms with Crippen LogP contribution in [-0.4, -0.2) is 64.9 Å². The zero-order valence-corrected chi connectivity index (χ0v) is 19.5. The van der Waals surface area contributed by atoms with E-state index >= 15 is 0 Å². The Bertz CT molecular complexity index is 1110. The van der Waals surface area contributed by atoms with Crippen LogP contribution >= 0.6 is 0 Å². The molecule has 1 aromatic heterocycles. The highest BCUT2D eigenvalue weighted by Crippen LogP contribution is 2.22. The summed E-state index contributed by atoms with van der Waals surface area (Å²) < 4.78 is 3.05. The summed E-state index contributed by atoms with van der Waals surface area (Å²) in [6, 6.07) is 18.0. The molecule has 3 aromatic rings. The molecule has 1 amide bonds. The second kappa shape index (κ2) is 10.0. The third-order valence-electron chi connectivity index (χ3n) is 6.25. The number of amides is 1. The van der Waals surface area contributed by atoms with Crippen LogP contribution in [0.1, 0.15) is 31.4 Å². The molecule has 1 atom stereocenters. The van der Waals surface area contributed by atoms with Gasteiger partial charge in [0.2, 0.25) is 5.91 Å². The Kier molecular flexibility index (Phi) is 6.93. The second-order valence-corrected chi connectivity index (χ2v) is 8.70. The van der Waals surface area contributed by atoms with Gasteiger partial charge in [-0.1, -0.05) is 30.3 Å². The third-order valence-corrected chi connectivity index (χ3v) is 6.25. The van der Waals surface area contributed by atoms with E-state index in [2.05, 4.69) is 32.3 Å². The van der Waals surface area contributed by atoms with Crippen LogP contribution in [0.15, 0.2) is 65.7 Å². The summed E-state index contributed by atoms with van der Waals surface area (Å²) in [6.45, 7) is 8.15. The Hall–Kier alpha value is -3.39. The van der Waals surface area contributed by atoms with Crippen LogP contribution in [0.5, 0.6) is 0 Å². The highest BCUT2D eigenvalue weighted by molar-refractivity contribution is 5.83. The molecule has 0 radical (unpaired) electrons. The number of rotatable bonds is 7. The Labute approximate surface area is 194 Å². The van der Waals surface area contributed by atoms with Gasteiger partial charge in [0, 0.05) is 45.5 Å². The lowest BCUT2D eigenvalue weighted by Gasteiger charge is -2.37. The zero-order valence-electron chi connectivity index (χ0n) is 19.5. The van der Waals surface area contributed by atoms with Crippen LogP contribution in [0, 0.1) is 0 Å². The third kappa shape index (κ3) is 5.01. The van der Waals surface area contributed by atoms with Crippen molar-refractivity contribution in [1.29, 1.82) is 0 Å². The summed E-state index contributed by atoms with van der Waals surface area (Å²) in [7, 11) is 1.70. The molecule has 0 aliphatic carbocycles. The molecule has 33 heavy (non-hydrogen) atoms. The van der Waals surface area contributed by atoms with E-state index in [1.165, 1.54) is 4.68 Å². The number of nitrogens with one attached hydrogen (secondary N) is 1. The van der Waals surface area contributed by atoms with Gasteiger partial charge in [-0.2, -0.15) is 5.10 Å². The first-order chi connectivity index (χ1) is 16.0. The van der Waals surface area contributed by atoms with Crippen molar-refractivity contribution in [2.45, 2.75) is 25.8 Å². The summed E-state index contributed by atoms with van der Waals surface area (Å²) in [4.78, 5) is 29.7. The molecule has 1 unspecified atom stereocenters. The monoisotopic (exact) mass is 448 g/mol. The standard InChI is InChI=1S/C25H32N6O2/c1-19(2)31-25(33)30(18-27-31)22-11-9-21(10-12-22)29-15-13-28(14-16-29)17-23(24(32)26-3)20-7-5-4-6-8-20/h4-12,18-19,23H,13-17H2,1-3H3,(H,26,32). The minimum Gasteiger partial charge on any atom is -0.369 e. The van der Waals surface area contributed by atoms with E-state index in [9.17, 15) is 9.59 Å². The first-order valence-electron chi connectivity index (χ1n) is 11.5. The molecule has 4 rings (SSSR count). The minimum absolute atomic E-state index is 0.0270. The number of piperazine rings is 1. The highest BCUT2D eigenvalue weighted by atomic mass is 16.2.